The van der Waals surface area contributed by atoms with Crippen molar-refractivity contribution < 1.29 is 23.8 Å². The molecule has 40 heavy (non-hydrogen) atoms. The Labute approximate surface area is 230 Å². The summed E-state index contributed by atoms with van der Waals surface area (Å²) < 4.78 is 20.4. The molecule has 5 rings (SSSR count). The molecule has 0 saturated carbocycles. The van der Waals surface area contributed by atoms with E-state index < -0.39 is 29.5 Å². The standard InChI is InChI=1S/C27H31FN8O4/c1-16-18-14-31-24(23-29-7-5-8-30-23)32-19(18)6-9-35(16)21-12-17(28)13-22(33-21)36-11-10-34(15-20(36)25(37)38)26(39)40-27(2,3)4/h5,7-8,12-14,16,20H,6,9-11,15H2,1-4H3,(H,37,38). The Morgan fingerprint density at radius 2 is 1.70 bits per heavy atom. The van der Waals surface area contributed by atoms with E-state index in [1.165, 1.54) is 21.9 Å². The number of aromatic nitrogens is 5. The van der Waals surface area contributed by atoms with Crippen LogP contribution in [0.1, 0.15) is 45.0 Å². The molecule has 2 unspecified atom stereocenters. The lowest BCUT2D eigenvalue weighted by molar-refractivity contribution is -0.139. The van der Waals surface area contributed by atoms with Gasteiger partial charge in [0.25, 0.3) is 0 Å². The molecule has 3 aromatic heterocycles. The molecular formula is C27H31FN8O4. The molecule has 210 valence electrons. The van der Waals surface area contributed by atoms with Gasteiger partial charge in [-0.3, -0.25) is 0 Å². The van der Waals surface area contributed by atoms with Crippen molar-refractivity contribution in [1.82, 2.24) is 29.8 Å². The molecule has 0 aliphatic carbocycles. The normalized spacial score (nSPS) is 19.3. The number of anilines is 2. The van der Waals surface area contributed by atoms with E-state index in [-0.39, 0.29) is 31.5 Å². The largest absolute Gasteiger partial charge is 0.480 e. The summed E-state index contributed by atoms with van der Waals surface area (Å²) in [7, 11) is 0. The van der Waals surface area contributed by atoms with Crippen LogP contribution in [0.4, 0.5) is 20.8 Å². The quantitative estimate of drug-likeness (QED) is 0.513. The minimum absolute atomic E-state index is 0.115. The van der Waals surface area contributed by atoms with Gasteiger partial charge >= 0.3 is 12.1 Å². The van der Waals surface area contributed by atoms with Crippen molar-refractivity contribution in [3.05, 3.63) is 53.9 Å². The first-order valence-corrected chi connectivity index (χ1v) is 13.0. The summed E-state index contributed by atoms with van der Waals surface area (Å²) in [5.74, 6) is -0.228. The van der Waals surface area contributed by atoms with Crippen LogP contribution in [0.2, 0.25) is 0 Å². The Morgan fingerprint density at radius 3 is 2.38 bits per heavy atom. The maximum atomic E-state index is 15.0. The molecular weight excluding hydrogens is 519 g/mol. The smallest absolute Gasteiger partial charge is 0.410 e. The predicted octanol–water partition coefficient (Wildman–Crippen LogP) is 3.10. The number of nitrogens with zero attached hydrogens (tertiary/aromatic N) is 8. The van der Waals surface area contributed by atoms with Gasteiger partial charge in [-0.25, -0.2) is 38.9 Å². The lowest BCUT2D eigenvalue weighted by atomic mass is 9.99. The monoisotopic (exact) mass is 550 g/mol. The van der Waals surface area contributed by atoms with Gasteiger partial charge in [0.2, 0.25) is 0 Å². The maximum Gasteiger partial charge on any atom is 0.410 e. The fourth-order valence-electron chi connectivity index (χ4n) is 4.92. The lowest BCUT2D eigenvalue weighted by Crippen LogP contribution is -2.58. The molecule has 1 amide bonds. The highest BCUT2D eigenvalue weighted by Gasteiger charge is 2.37. The molecule has 2 atom stereocenters. The first-order chi connectivity index (χ1) is 19.0. The van der Waals surface area contributed by atoms with Crippen molar-refractivity contribution in [3.8, 4) is 11.6 Å². The first kappa shape index (κ1) is 27.2. The summed E-state index contributed by atoms with van der Waals surface area (Å²) in [6.07, 6.45) is 4.99. The number of ether oxygens (including phenoxy) is 1. The minimum atomic E-state index is -1.14. The Morgan fingerprint density at radius 1 is 1.00 bits per heavy atom. The molecule has 12 nitrogen and oxygen atoms in total. The van der Waals surface area contributed by atoms with Gasteiger partial charge in [0.1, 0.15) is 29.1 Å². The number of hydrogen-bond acceptors (Lipinski definition) is 10. The highest BCUT2D eigenvalue weighted by Crippen LogP contribution is 2.34. The number of carbonyl (C=O) groups excluding carboxylic acids is 1. The third-order valence-electron chi connectivity index (χ3n) is 6.84. The fourth-order valence-corrected chi connectivity index (χ4v) is 4.92. The summed E-state index contributed by atoms with van der Waals surface area (Å²) in [4.78, 5) is 51.8. The Balaban J connectivity index is 1.38. The molecule has 5 heterocycles. The van der Waals surface area contributed by atoms with Crippen LogP contribution in [0.15, 0.2) is 36.8 Å². The second-order valence-electron chi connectivity index (χ2n) is 10.8. The number of rotatable bonds is 4. The van der Waals surface area contributed by atoms with Crippen molar-refractivity contribution in [1.29, 1.82) is 0 Å². The van der Waals surface area contributed by atoms with Crippen LogP contribution in [-0.4, -0.2) is 84.8 Å². The highest BCUT2D eigenvalue weighted by molar-refractivity contribution is 5.80. The molecule has 1 saturated heterocycles. The Kier molecular flexibility index (Phi) is 7.21. The number of aliphatic carboxylic acids is 1. The van der Waals surface area contributed by atoms with Crippen LogP contribution in [0.25, 0.3) is 11.6 Å². The second-order valence-corrected chi connectivity index (χ2v) is 10.8. The number of carbonyl (C=O) groups is 2. The molecule has 1 N–H and O–H groups in total. The van der Waals surface area contributed by atoms with Gasteiger partial charge in [-0.15, -0.1) is 0 Å². The van der Waals surface area contributed by atoms with Crippen LogP contribution in [0.5, 0.6) is 0 Å². The third kappa shape index (κ3) is 5.63. The van der Waals surface area contributed by atoms with E-state index in [4.69, 9.17) is 4.74 Å². The number of halogens is 1. The van der Waals surface area contributed by atoms with Crippen molar-refractivity contribution in [3.63, 3.8) is 0 Å². The van der Waals surface area contributed by atoms with Crippen molar-refractivity contribution in [2.75, 3.05) is 36.0 Å². The summed E-state index contributed by atoms with van der Waals surface area (Å²) in [5.41, 5.74) is 1.03. The molecule has 2 aliphatic heterocycles. The zero-order chi connectivity index (χ0) is 28.6. The third-order valence-corrected chi connectivity index (χ3v) is 6.84. The summed E-state index contributed by atoms with van der Waals surface area (Å²) in [5, 5.41) is 9.97. The van der Waals surface area contributed by atoms with Crippen LogP contribution >= 0.6 is 0 Å². The van der Waals surface area contributed by atoms with Gasteiger partial charge < -0.3 is 24.5 Å². The van der Waals surface area contributed by atoms with Crippen LogP contribution in [0, 0.1) is 5.82 Å². The van der Waals surface area contributed by atoms with E-state index in [1.807, 2.05) is 11.8 Å². The fraction of sp³-hybridized carbons (Fsp3) is 0.444. The topological polar surface area (TPSA) is 138 Å². The number of pyridine rings is 1. The van der Waals surface area contributed by atoms with Crippen molar-refractivity contribution >= 4 is 23.7 Å². The molecule has 0 radical (unpaired) electrons. The molecule has 0 aromatic carbocycles. The van der Waals surface area contributed by atoms with Crippen molar-refractivity contribution in [2.24, 2.45) is 0 Å². The van der Waals surface area contributed by atoms with E-state index in [0.717, 1.165) is 11.3 Å². The summed E-state index contributed by atoms with van der Waals surface area (Å²) >= 11 is 0. The van der Waals surface area contributed by atoms with Gasteiger partial charge in [-0.05, 0) is 33.8 Å². The number of amides is 1. The average Bonchev–Trinajstić information content (AvgIpc) is 2.92. The Hall–Kier alpha value is -4.42. The van der Waals surface area contributed by atoms with Gasteiger partial charge in [0, 0.05) is 62.3 Å². The number of carboxylic acids is 1. The number of piperazine rings is 1. The highest BCUT2D eigenvalue weighted by atomic mass is 19.1. The van der Waals surface area contributed by atoms with Crippen LogP contribution in [0.3, 0.4) is 0 Å². The summed E-state index contributed by atoms with van der Waals surface area (Å²) in [6, 6.07) is 2.96. The van der Waals surface area contributed by atoms with Crippen LogP contribution in [-0.2, 0) is 16.0 Å². The number of carboxylic acid groups (broad SMARTS) is 1. The predicted molar refractivity (Wildman–Crippen MR) is 143 cm³/mol. The lowest BCUT2D eigenvalue weighted by Gasteiger charge is -2.41. The average molecular weight is 551 g/mol. The van der Waals surface area contributed by atoms with E-state index in [1.54, 1.807) is 45.4 Å². The molecule has 0 bridgehead atoms. The Bertz CT molecular complexity index is 1420. The van der Waals surface area contributed by atoms with Gasteiger partial charge in [0.15, 0.2) is 11.6 Å². The van der Waals surface area contributed by atoms with Crippen LogP contribution < -0.4 is 9.80 Å². The van der Waals surface area contributed by atoms with E-state index in [2.05, 4.69) is 24.9 Å². The molecule has 0 spiro atoms. The first-order valence-electron chi connectivity index (χ1n) is 13.0. The van der Waals surface area contributed by atoms with E-state index >= 15 is 0 Å². The second kappa shape index (κ2) is 10.6. The van der Waals surface area contributed by atoms with E-state index in [0.29, 0.717) is 30.4 Å². The van der Waals surface area contributed by atoms with Crippen molar-refractivity contribution in [2.45, 2.75) is 51.8 Å². The van der Waals surface area contributed by atoms with Gasteiger partial charge in [-0.2, -0.15) is 0 Å². The molecule has 1 fully saturated rings. The zero-order valence-electron chi connectivity index (χ0n) is 22.8. The molecule has 13 heteroatoms. The molecule has 2 aliphatic rings. The van der Waals surface area contributed by atoms with Gasteiger partial charge in [-0.1, -0.05) is 0 Å². The summed E-state index contributed by atoms with van der Waals surface area (Å²) in [6.45, 7) is 7.98. The number of hydrogen-bond donors (Lipinski definition) is 1. The van der Waals surface area contributed by atoms with E-state index in [9.17, 15) is 19.1 Å². The number of fused-ring (bicyclic) bond motifs is 1. The molecule has 3 aromatic rings. The zero-order valence-corrected chi connectivity index (χ0v) is 22.8. The maximum absolute atomic E-state index is 15.0. The minimum Gasteiger partial charge on any atom is -0.480 e. The SMILES string of the molecule is CC1c2cnc(-c3ncccn3)nc2CCN1c1cc(F)cc(N2CCN(C(=O)OC(C)(C)C)CC2C(=O)O)n1. The van der Waals surface area contributed by atoms with Gasteiger partial charge in [0.05, 0.1) is 18.3 Å².